The third kappa shape index (κ3) is 5.23. The Morgan fingerprint density at radius 3 is 2.54 bits per heavy atom. The molecule has 1 N–H and O–H groups in total. The van der Waals surface area contributed by atoms with Gasteiger partial charge in [0.15, 0.2) is 5.82 Å². The molecule has 35 heavy (non-hydrogen) atoms. The molecule has 0 radical (unpaired) electrons. The molecule has 1 atom stereocenters. The normalized spacial score (nSPS) is 16.2. The molecule has 1 aromatic heterocycles. The number of aromatic nitrogens is 2. The van der Waals surface area contributed by atoms with Crippen molar-refractivity contribution in [2.75, 3.05) is 32.0 Å². The fraction of sp³-hybridized carbons (Fsp3) is 0.207. The number of hydrogen-bond acceptors (Lipinski definition) is 5. The van der Waals surface area contributed by atoms with Crippen LogP contribution in [0.15, 0.2) is 91.1 Å². The Bertz CT molecular complexity index is 1310. The van der Waals surface area contributed by atoms with Gasteiger partial charge in [-0.25, -0.2) is 9.97 Å². The maximum absolute atomic E-state index is 13.6. The lowest BCUT2D eigenvalue weighted by molar-refractivity contribution is 0.0498. The highest BCUT2D eigenvalue weighted by molar-refractivity contribution is 5.95. The summed E-state index contributed by atoms with van der Waals surface area (Å²) in [6.07, 6.45) is 1.74. The van der Waals surface area contributed by atoms with E-state index in [1.54, 1.807) is 6.20 Å². The van der Waals surface area contributed by atoms with Crippen LogP contribution in [0.5, 0.6) is 0 Å². The lowest BCUT2D eigenvalue weighted by Crippen LogP contribution is -2.49. The minimum atomic E-state index is 0.0259. The van der Waals surface area contributed by atoms with Gasteiger partial charge in [-0.2, -0.15) is 0 Å². The summed E-state index contributed by atoms with van der Waals surface area (Å²) in [6.45, 7) is 4.42. The number of nitrogens with zero attached hydrogens (tertiary/aromatic N) is 4. The van der Waals surface area contributed by atoms with Crippen LogP contribution in [0, 0.1) is 6.92 Å². The summed E-state index contributed by atoms with van der Waals surface area (Å²) in [6, 6.07) is 27.9. The zero-order valence-electron chi connectivity index (χ0n) is 20.1. The lowest BCUT2D eigenvalue weighted by atomic mass is 10.0. The number of anilines is 2. The van der Waals surface area contributed by atoms with Crippen LogP contribution in [0.25, 0.3) is 11.4 Å². The standard InChI is InChI=1S/C29H29N5O/c1-21-11-13-23(14-12-21)28-30-16-15-27(32-28)31-25-10-6-9-24(19-25)29(35)34-18-17-33(2)20-26(34)22-7-4-3-5-8-22/h3-16,19,26H,17-18,20H2,1-2H3,(H,30,31,32). The Hall–Kier alpha value is -4.03. The van der Waals surface area contributed by atoms with Crippen LogP contribution >= 0.6 is 0 Å². The summed E-state index contributed by atoms with van der Waals surface area (Å²) in [5.41, 5.74) is 4.79. The first-order valence-corrected chi connectivity index (χ1v) is 11.9. The van der Waals surface area contributed by atoms with Crippen LogP contribution in [-0.2, 0) is 0 Å². The van der Waals surface area contributed by atoms with Gasteiger partial charge in [0.25, 0.3) is 5.91 Å². The maximum atomic E-state index is 13.6. The molecule has 1 amide bonds. The summed E-state index contributed by atoms with van der Waals surface area (Å²) in [5, 5.41) is 3.34. The minimum Gasteiger partial charge on any atom is -0.340 e. The highest BCUT2D eigenvalue weighted by Crippen LogP contribution is 2.28. The fourth-order valence-electron chi connectivity index (χ4n) is 4.44. The number of benzene rings is 3. The van der Waals surface area contributed by atoms with Crippen LogP contribution in [0.1, 0.15) is 27.5 Å². The molecule has 176 valence electrons. The van der Waals surface area contributed by atoms with E-state index in [1.807, 2.05) is 65.6 Å². The summed E-state index contributed by atoms with van der Waals surface area (Å²) in [5.74, 6) is 1.38. The Morgan fingerprint density at radius 1 is 0.943 bits per heavy atom. The van der Waals surface area contributed by atoms with Crippen molar-refractivity contribution in [3.05, 3.63) is 108 Å². The summed E-state index contributed by atoms with van der Waals surface area (Å²) in [4.78, 5) is 27.0. The summed E-state index contributed by atoms with van der Waals surface area (Å²) >= 11 is 0. The topological polar surface area (TPSA) is 61.4 Å². The van der Waals surface area contributed by atoms with Crippen molar-refractivity contribution in [1.29, 1.82) is 0 Å². The van der Waals surface area contributed by atoms with E-state index in [0.717, 1.165) is 29.9 Å². The number of hydrogen-bond donors (Lipinski definition) is 1. The second-order valence-electron chi connectivity index (χ2n) is 9.02. The molecule has 1 saturated heterocycles. The van der Waals surface area contributed by atoms with Crippen LogP contribution in [0.2, 0.25) is 0 Å². The van der Waals surface area contributed by atoms with Crippen LogP contribution in [-0.4, -0.2) is 52.4 Å². The molecule has 1 aliphatic rings. The monoisotopic (exact) mass is 463 g/mol. The molecule has 6 heteroatoms. The van der Waals surface area contributed by atoms with Gasteiger partial charge >= 0.3 is 0 Å². The van der Waals surface area contributed by atoms with Gasteiger partial charge in [-0.15, -0.1) is 0 Å². The number of piperazine rings is 1. The van der Waals surface area contributed by atoms with E-state index in [-0.39, 0.29) is 11.9 Å². The molecule has 0 saturated carbocycles. The van der Waals surface area contributed by atoms with Crippen molar-refractivity contribution < 1.29 is 4.79 Å². The van der Waals surface area contributed by atoms with Gasteiger partial charge in [0.05, 0.1) is 6.04 Å². The first kappa shape index (κ1) is 22.7. The highest BCUT2D eigenvalue weighted by Gasteiger charge is 2.30. The molecule has 1 fully saturated rings. The molecule has 4 aromatic rings. The number of likely N-dealkylation sites (N-methyl/N-ethyl adjacent to an activating group) is 1. The Kier molecular flexibility index (Phi) is 6.55. The molecule has 0 spiro atoms. The second-order valence-corrected chi connectivity index (χ2v) is 9.02. The van der Waals surface area contributed by atoms with Gasteiger partial charge in [-0.05, 0) is 43.8 Å². The number of carbonyl (C=O) groups excluding carboxylic acids is 1. The van der Waals surface area contributed by atoms with E-state index in [4.69, 9.17) is 0 Å². The molecule has 0 aliphatic carbocycles. The minimum absolute atomic E-state index is 0.0259. The molecule has 2 heterocycles. The van der Waals surface area contributed by atoms with E-state index in [1.165, 1.54) is 5.56 Å². The smallest absolute Gasteiger partial charge is 0.254 e. The highest BCUT2D eigenvalue weighted by atomic mass is 16.2. The first-order valence-electron chi connectivity index (χ1n) is 11.9. The number of nitrogens with one attached hydrogen (secondary N) is 1. The predicted molar refractivity (Wildman–Crippen MR) is 140 cm³/mol. The van der Waals surface area contributed by atoms with Crippen LogP contribution in [0.3, 0.4) is 0 Å². The SMILES string of the molecule is Cc1ccc(-c2nccc(Nc3cccc(C(=O)N4CCN(C)CC4c4ccccc4)c3)n2)cc1. The summed E-state index contributed by atoms with van der Waals surface area (Å²) < 4.78 is 0. The van der Waals surface area contributed by atoms with Crippen molar-refractivity contribution in [1.82, 2.24) is 19.8 Å². The Labute approximate surface area is 206 Å². The van der Waals surface area contributed by atoms with Gasteiger partial charge in [-0.3, -0.25) is 4.79 Å². The molecule has 6 nitrogen and oxygen atoms in total. The number of rotatable bonds is 5. The van der Waals surface area contributed by atoms with Gasteiger partial charge in [-0.1, -0.05) is 66.2 Å². The number of carbonyl (C=O) groups is 1. The van der Waals surface area contributed by atoms with E-state index in [9.17, 15) is 4.79 Å². The van der Waals surface area contributed by atoms with Crippen molar-refractivity contribution in [2.24, 2.45) is 0 Å². The zero-order valence-corrected chi connectivity index (χ0v) is 20.1. The predicted octanol–water partition coefficient (Wildman–Crippen LogP) is 5.32. The van der Waals surface area contributed by atoms with Crippen molar-refractivity contribution >= 4 is 17.4 Å². The quantitative estimate of drug-likeness (QED) is 0.434. The largest absolute Gasteiger partial charge is 0.340 e. The third-order valence-corrected chi connectivity index (χ3v) is 6.38. The van der Waals surface area contributed by atoms with Gasteiger partial charge in [0.2, 0.25) is 0 Å². The fourth-order valence-corrected chi connectivity index (χ4v) is 4.44. The molecule has 5 rings (SSSR count). The van der Waals surface area contributed by atoms with Crippen LogP contribution in [0.4, 0.5) is 11.5 Å². The van der Waals surface area contributed by atoms with Gasteiger partial charge in [0.1, 0.15) is 5.82 Å². The lowest BCUT2D eigenvalue weighted by Gasteiger charge is -2.40. The molecule has 1 aliphatic heterocycles. The molecule has 3 aromatic carbocycles. The third-order valence-electron chi connectivity index (χ3n) is 6.38. The number of aryl methyl sites for hydroxylation is 1. The van der Waals surface area contributed by atoms with Gasteiger partial charge < -0.3 is 15.1 Å². The first-order chi connectivity index (χ1) is 17.1. The van der Waals surface area contributed by atoms with Crippen LogP contribution < -0.4 is 5.32 Å². The number of amides is 1. The van der Waals surface area contributed by atoms with Crippen molar-refractivity contribution in [3.63, 3.8) is 0 Å². The van der Waals surface area contributed by atoms with Crippen molar-refractivity contribution in [2.45, 2.75) is 13.0 Å². The van der Waals surface area contributed by atoms with Gasteiger partial charge in [0, 0.05) is 42.6 Å². The Balaban J connectivity index is 1.36. The molecular formula is C29H29N5O. The van der Waals surface area contributed by atoms with E-state index in [2.05, 4.69) is 58.4 Å². The zero-order chi connectivity index (χ0) is 24.2. The second kappa shape index (κ2) is 10.1. The molecular weight excluding hydrogens is 434 g/mol. The van der Waals surface area contributed by atoms with E-state index >= 15 is 0 Å². The maximum Gasteiger partial charge on any atom is 0.254 e. The average molecular weight is 464 g/mol. The van der Waals surface area contributed by atoms with E-state index in [0.29, 0.717) is 23.8 Å². The molecule has 0 bridgehead atoms. The van der Waals surface area contributed by atoms with E-state index < -0.39 is 0 Å². The average Bonchev–Trinajstić information content (AvgIpc) is 2.89. The molecule has 1 unspecified atom stereocenters. The Morgan fingerprint density at radius 2 is 1.74 bits per heavy atom. The summed E-state index contributed by atoms with van der Waals surface area (Å²) in [7, 11) is 2.11. The van der Waals surface area contributed by atoms with Crippen molar-refractivity contribution in [3.8, 4) is 11.4 Å².